The molecule has 128 valence electrons. The van der Waals surface area contributed by atoms with E-state index in [0.717, 1.165) is 22.5 Å². The van der Waals surface area contributed by atoms with Gasteiger partial charge in [-0.05, 0) is 68.4 Å². The zero-order valence-corrected chi connectivity index (χ0v) is 15.9. The molecule has 3 N–H and O–H groups in total. The van der Waals surface area contributed by atoms with Crippen LogP contribution in [0.1, 0.15) is 26.4 Å². The fraction of sp³-hybridized carbons (Fsp3) is 0.158. The summed E-state index contributed by atoms with van der Waals surface area (Å²) >= 11 is 6.66. The molecule has 0 atom stereocenters. The predicted octanol–water partition coefficient (Wildman–Crippen LogP) is 5.03. The van der Waals surface area contributed by atoms with Gasteiger partial charge in [-0.25, -0.2) is 0 Å². The van der Waals surface area contributed by atoms with Crippen molar-refractivity contribution in [1.29, 1.82) is 0 Å². The van der Waals surface area contributed by atoms with Crippen molar-refractivity contribution in [2.45, 2.75) is 20.8 Å². The highest BCUT2D eigenvalue weighted by Gasteiger charge is 2.18. The van der Waals surface area contributed by atoms with Crippen LogP contribution in [0.25, 0.3) is 5.69 Å². The molecule has 0 aliphatic carbocycles. The van der Waals surface area contributed by atoms with Crippen LogP contribution in [0, 0.1) is 24.7 Å². The molecule has 0 saturated heterocycles. The second kappa shape index (κ2) is 6.82. The van der Waals surface area contributed by atoms with E-state index in [4.69, 9.17) is 18.0 Å². The number of carbonyl (C=O) groups is 1. The van der Waals surface area contributed by atoms with Gasteiger partial charge >= 0.3 is 0 Å². The fourth-order valence-electron chi connectivity index (χ4n) is 2.48. The number of aromatic nitrogens is 1. The Morgan fingerprint density at radius 2 is 1.76 bits per heavy atom. The summed E-state index contributed by atoms with van der Waals surface area (Å²) in [6.45, 7) is 6.09. The largest absolute Gasteiger partial charge is 0.383 e. The molecule has 1 aromatic heterocycles. The number of thiazole rings is 1. The van der Waals surface area contributed by atoms with Crippen molar-refractivity contribution >= 4 is 41.0 Å². The van der Waals surface area contributed by atoms with Crippen LogP contribution in [0.4, 0.5) is 11.5 Å². The van der Waals surface area contributed by atoms with Gasteiger partial charge in [0.1, 0.15) is 10.7 Å². The second-order valence-electron chi connectivity index (χ2n) is 6.01. The zero-order valence-electron chi connectivity index (χ0n) is 14.3. The molecule has 0 unspecified atom stereocenters. The van der Waals surface area contributed by atoms with Crippen LogP contribution >= 0.6 is 23.6 Å². The number of aryl methyl sites for hydroxylation is 3. The van der Waals surface area contributed by atoms with Gasteiger partial charge in [-0.2, -0.15) is 0 Å². The molecule has 3 rings (SSSR count). The summed E-state index contributed by atoms with van der Waals surface area (Å²) in [5, 5.41) is 2.87. The minimum atomic E-state index is -0.250. The van der Waals surface area contributed by atoms with Crippen molar-refractivity contribution in [3.63, 3.8) is 0 Å². The number of rotatable bonds is 3. The Balaban J connectivity index is 1.96. The number of anilines is 2. The summed E-state index contributed by atoms with van der Waals surface area (Å²) in [5.74, 6) is 0.114. The van der Waals surface area contributed by atoms with Crippen molar-refractivity contribution < 1.29 is 4.79 Å². The van der Waals surface area contributed by atoms with Crippen LogP contribution in [0.3, 0.4) is 0 Å². The normalized spacial score (nSPS) is 10.7. The topological polar surface area (TPSA) is 60.0 Å². The van der Waals surface area contributed by atoms with Crippen LogP contribution in [0.2, 0.25) is 0 Å². The van der Waals surface area contributed by atoms with E-state index < -0.39 is 0 Å². The van der Waals surface area contributed by atoms with E-state index in [0.29, 0.717) is 14.6 Å². The molecule has 3 aromatic rings. The maximum absolute atomic E-state index is 12.6. The van der Waals surface area contributed by atoms with E-state index in [2.05, 4.69) is 12.2 Å². The predicted molar refractivity (Wildman–Crippen MR) is 107 cm³/mol. The second-order valence-corrected chi connectivity index (χ2v) is 7.65. The Morgan fingerprint density at radius 3 is 2.40 bits per heavy atom. The standard InChI is InChI=1S/C19H19N3OS2/c1-11-4-7-14(8-5-11)21-18(23)16-17(20)22(19(24)25-16)15-9-6-12(2)13(3)10-15/h4-10H,20H2,1-3H3,(H,21,23). The van der Waals surface area contributed by atoms with Crippen LogP contribution in [-0.4, -0.2) is 10.5 Å². The highest BCUT2D eigenvalue weighted by molar-refractivity contribution is 7.73. The number of nitrogens with zero attached hydrogens (tertiary/aromatic N) is 1. The third-order valence-electron chi connectivity index (χ3n) is 4.11. The van der Waals surface area contributed by atoms with Gasteiger partial charge in [0, 0.05) is 11.4 Å². The lowest BCUT2D eigenvalue weighted by Crippen LogP contribution is -2.13. The number of hydrogen-bond acceptors (Lipinski definition) is 4. The number of carbonyl (C=O) groups excluding carboxylic acids is 1. The van der Waals surface area contributed by atoms with Crippen molar-refractivity contribution in [3.8, 4) is 5.69 Å². The van der Waals surface area contributed by atoms with Crippen LogP contribution < -0.4 is 11.1 Å². The van der Waals surface area contributed by atoms with Gasteiger partial charge in [-0.15, -0.1) is 0 Å². The van der Waals surface area contributed by atoms with Crippen LogP contribution in [-0.2, 0) is 0 Å². The zero-order chi connectivity index (χ0) is 18.1. The number of benzene rings is 2. The lowest BCUT2D eigenvalue weighted by molar-refractivity contribution is 0.103. The monoisotopic (exact) mass is 369 g/mol. The lowest BCUT2D eigenvalue weighted by atomic mass is 10.1. The van der Waals surface area contributed by atoms with E-state index in [-0.39, 0.29) is 5.91 Å². The summed E-state index contributed by atoms with van der Waals surface area (Å²) in [7, 11) is 0. The molecule has 0 fully saturated rings. The number of amides is 1. The van der Waals surface area contributed by atoms with Gasteiger partial charge in [0.05, 0.1) is 0 Å². The van der Waals surface area contributed by atoms with E-state index in [1.54, 1.807) is 4.57 Å². The summed E-state index contributed by atoms with van der Waals surface area (Å²) in [6.07, 6.45) is 0. The lowest BCUT2D eigenvalue weighted by Gasteiger charge is -2.09. The maximum Gasteiger partial charge on any atom is 0.269 e. The summed E-state index contributed by atoms with van der Waals surface area (Å²) in [4.78, 5) is 13.0. The molecule has 4 nitrogen and oxygen atoms in total. The van der Waals surface area contributed by atoms with Crippen molar-refractivity contribution in [1.82, 2.24) is 4.57 Å². The molecule has 0 saturated carbocycles. The molecule has 6 heteroatoms. The Bertz CT molecular complexity index is 1000. The van der Waals surface area contributed by atoms with Crippen molar-refractivity contribution in [2.75, 3.05) is 11.1 Å². The highest BCUT2D eigenvalue weighted by atomic mass is 32.1. The first-order valence-corrected chi connectivity index (χ1v) is 9.06. The summed E-state index contributed by atoms with van der Waals surface area (Å²) in [6, 6.07) is 13.6. The van der Waals surface area contributed by atoms with Gasteiger partial charge in [0.25, 0.3) is 5.91 Å². The van der Waals surface area contributed by atoms with E-state index >= 15 is 0 Å². The van der Waals surface area contributed by atoms with Crippen molar-refractivity contribution in [3.05, 3.63) is 68.0 Å². The van der Waals surface area contributed by atoms with E-state index in [1.807, 2.05) is 56.3 Å². The Hall–Kier alpha value is -2.44. The number of hydrogen-bond donors (Lipinski definition) is 2. The van der Waals surface area contributed by atoms with Crippen molar-refractivity contribution in [2.24, 2.45) is 0 Å². The number of nitrogens with one attached hydrogen (secondary N) is 1. The summed E-state index contributed by atoms with van der Waals surface area (Å²) < 4.78 is 2.30. The minimum absolute atomic E-state index is 0.250. The molecule has 25 heavy (non-hydrogen) atoms. The molecule has 0 spiro atoms. The third-order valence-corrected chi connectivity index (χ3v) is 5.50. The van der Waals surface area contributed by atoms with Gasteiger partial charge in [0.2, 0.25) is 0 Å². The molecule has 1 heterocycles. The minimum Gasteiger partial charge on any atom is -0.383 e. The average Bonchev–Trinajstić information content (AvgIpc) is 2.87. The van der Waals surface area contributed by atoms with Crippen LogP contribution in [0.5, 0.6) is 0 Å². The van der Waals surface area contributed by atoms with E-state index in [1.165, 1.54) is 16.9 Å². The number of nitrogen functional groups attached to an aromatic ring is 1. The Kier molecular flexibility index (Phi) is 4.74. The molecular formula is C19H19N3OS2. The molecular weight excluding hydrogens is 350 g/mol. The summed E-state index contributed by atoms with van der Waals surface area (Å²) in [5.41, 5.74) is 11.3. The maximum atomic E-state index is 12.6. The Labute approximate surface area is 155 Å². The van der Waals surface area contributed by atoms with E-state index in [9.17, 15) is 4.79 Å². The quantitative estimate of drug-likeness (QED) is 0.637. The van der Waals surface area contributed by atoms with Gasteiger partial charge < -0.3 is 11.1 Å². The molecule has 2 aromatic carbocycles. The van der Waals surface area contributed by atoms with Gasteiger partial charge in [0.15, 0.2) is 3.95 Å². The fourth-order valence-corrected chi connectivity index (χ4v) is 3.74. The molecule has 0 aliphatic heterocycles. The third kappa shape index (κ3) is 3.50. The first kappa shape index (κ1) is 17.4. The molecule has 0 radical (unpaired) electrons. The van der Waals surface area contributed by atoms with Crippen LogP contribution in [0.15, 0.2) is 42.5 Å². The molecule has 0 bridgehead atoms. The molecule has 0 aliphatic rings. The average molecular weight is 370 g/mol. The molecule has 1 amide bonds. The first-order chi connectivity index (χ1) is 11.9. The van der Waals surface area contributed by atoms with Gasteiger partial charge in [-0.1, -0.05) is 35.1 Å². The SMILES string of the molecule is Cc1ccc(NC(=O)c2sc(=S)n(-c3ccc(C)c(C)c3)c2N)cc1. The smallest absolute Gasteiger partial charge is 0.269 e. The van der Waals surface area contributed by atoms with Gasteiger partial charge in [-0.3, -0.25) is 9.36 Å². The first-order valence-electron chi connectivity index (χ1n) is 7.84. The highest BCUT2D eigenvalue weighted by Crippen LogP contribution is 2.28. The number of nitrogens with two attached hydrogens (primary N) is 1. The Morgan fingerprint density at radius 1 is 1.08 bits per heavy atom.